The maximum Gasteiger partial charge on any atom is 0.153 e. The van der Waals surface area contributed by atoms with Gasteiger partial charge in [0.15, 0.2) is 5.82 Å². The van der Waals surface area contributed by atoms with Crippen LogP contribution in [0.4, 0.5) is 5.82 Å². The molecular formula is C16H21N3. The standard InChI is InChI=1S/C16H21N3/c1-11-6-8-13(9-7-11)15-14(18-19-16(15)17)10-12-4-2-3-5-12/h6-9,12H,2-5,10H2,1H3,(H3,17,18,19). The van der Waals surface area contributed by atoms with E-state index >= 15 is 0 Å². The molecule has 0 saturated heterocycles. The van der Waals surface area contributed by atoms with Crippen LogP contribution in [0.1, 0.15) is 36.9 Å². The molecule has 1 aliphatic carbocycles. The molecule has 100 valence electrons. The molecule has 3 nitrogen and oxygen atoms in total. The molecule has 1 aliphatic rings. The highest BCUT2D eigenvalue weighted by atomic mass is 15.2. The van der Waals surface area contributed by atoms with Crippen molar-refractivity contribution < 1.29 is 0 Å². The quantitative estimate of drug-likeness (QED) is 0.878. The molecule has 0 radical (unpaired) electrons. The van der Waals surface area contributed by atoms with Gasteiger partial charge in [-0.25, -0.2) is 0 Å². The van der Waals surface area contributed by atoms with Gasteiger partial charge in [-0.2, -0.15) is 5.10 Å². The number of nitrogens with two attached hydrogens (primary N) is 1. The molecule has 3 N–H and O–H groups in total. The molecule has 1 heterocycles. The normalized spacial score (nSPS) is 16.1. The number of anilines is 1. The van der Waals surface area contributed by atoms with E-state index in [-0.39, 0.29) is 0 Å². The fraction of sp³-hybridized carbons (Fsp3) is 0.438. The molecule has 0 bridgehead atoms. The summed E-state index contributed by atoms with van der Waals surface area (Å²) in [5, 5.41) is 7.35. The minimum Gasteiger partial charge on any atom is -0.382 e. The van der Waals surface area contributed by atoms with Gasteiger partial charge < -0.3 is 5.73 Å². The first kappa shape index (κ1) is 12.3. The Balaban J connectivity index is 1.91. The number of aromatic nitrogens is 2. The van der Waals surface area contributed by atoms with Gasteiger partial charge in [0.25, 0.3) is 0 Å². The minimum atomic E-state index is 0.622. The third-order valence-corrected chi connectivity index (χ3v) is 4.18. The monoisotopic (exact) mass is 255 g/mol. The van der Waals surface area contributed by atoms with Gasteiger partial charge in [-0.1, -0.05) is 55.5 Å². The van der Waals surface area contributed by atoms with Crippen molar-refractivity contribution in [3.05, 3.63) is 35.5 Å². The van der Waals surface area contributed by atoms with Gasteiger partial charge in [-0.15, -0.1) is 0 Å². The molecule has 0 spiro atoms. The van der Waals surface area contributed by atoms with Gasteiger partial charge in [0.1, 0.15) is 0 Å². The Morgan fingerprint density at radius 1 is 1.21 bits per heavy atom. The predicted molar refractivity (Wildman–Crippen MR) is 78.8 cm³/mol. The Hall–Kier alpha value is -1.77. The summed E-state index contributed by atoms with van der Waals surface area (Å²) in [4.78, 5) is 0. The van der Waals surface area contributed by atoms with Crippen LogP contribution < -0.4 is 5.73 Å². The molecule has 1 aromatic heterocycles. The van der Waals surface area contributed by atoms with Gasteiger partial charge in [-0.05, 0) is 24.8 Å². The lowest BCUT2D eigenvalue weighted by Crippen LogP contribution is -2.01. The molecule has 3 rings (SSSR count). The SMILES string of the molecule is Cc1ccc(-c2c(N)n[nH]c2CC2CCCC2)cc1. The number of nitrogen functional groups attached to an aromatic ring is 1. The second-order valence-electron chi connectivity index (χ2n) is 5.68. The zero-order valence-electron chi connectivity index (χ0n) is 11.4. The number of aryl methyl sites for hydroxylation is 1. The number of H-pyrrole nitrogens is 1. The number of nitrogens with one attached hydrogen (secondary N) is 1. The number of hydrogen-bond donors (Lipinski definition) is 2. The smallest absolute Gasteiger partial charge is 0.153 e. The van der Waals surface area contributed by atoms with Gasteiger partial charge in [-0.3, -0.25) is 5.10 Å². The zero-order chi connectivity index (χ0) is 13.2. The van der Waals surface area contributed by atoms with E-state index in [4.69, 9.17) is 5.73 Å². The van der Waals surface area contributed by atoms with E-state index in [9.17, 15) is 0 Å². The Kier molecular flexibility index (Phi) is 3.28. The molecule has 1 saturated carbocycles. The molecule has 0 amide bonds. The number of nitrogens with zero attached hydrogens (tertiary/aromatic N) is 1. The zero-order valence-corrected chi connectivity index (χ0v) is 11.4. The van der Waals surface area contributed by atoms with Crippen LogP contribution in [-0.4, -0.2) is 10.2 Å². The third kappa shape index (κ3) is 2.50. The van der Waals surface area contributed by atoms with Crippen LogP contribution >= 0.6 is 0 Å². The molecule has 1 fully saturated rings. The second kappa shape index (κ2) is 5.08. The highest BCUT2D eigenvalue weighted by Gasteiger charge is 2.20. The Morgan fingerprint density at radius 3 is 2.58 bits per heavy atom. The Labute approximate surface area is 114 Å². The first-order valence-corrected chi connectivity index (χ1v) is 7.14. The van der Waals surface area contributed by atoms with Crippen molar-refractivity contribution in [1.29, 1.82) is 0 Å². The summed E-state index contributed by atoms with van der Waals surface area (Å²) in [6.07, 6.45) is 6.49. The van der Waals surface area contributed by atoms with Crippen LogP contribution in [0.5, 0.6) is 0 Å². The second-order valence-corrected chi connectivity index (χ2v) is 5.68. The van der Waals surface area contributed by atoms with Crippen molar-refractivity contribution in [3.63, 3.8) is 0 Å². The van der Waals surface area contributed by atoms with Crippen LogP contribution in [-0.2, 0) is 6.42 Å². The summed E-state index contributed by atoms with van der Waals surface area (Å²) < 4.78 is 0. The van der Waals surface area contributed by atoms with Gasteiger partial charge in [0.2, 0.25) is 0 Å². The molecule has 3 heteroatoms. The van der Waals surface area contributed by atoms with Crippen LogP contribution in [0, 0.1) is 12.8 Å². The van der Waals surface area contributed by atoms with E-state index < -0.39 is 0 Å². The van der Waals surface area contributed by atoms with Crippen molar-refractivity contribution in [1.82, 2.24) is 10.2 Å². The topological polar surface area (TPSA) is 54.7 Å². The predicted octanol–water partition coefficient (Wildman–Crippen LogP) is 3.70. The molecule has 0 atom stereocenters. The van der Waals surface area contributed by atoms with Crippen molar-refractivity contribution in [3.8, 4) is 11.1 Å². The highest BCUT2D eigenvalue weighted by molar-refractivity contribution is 5.76. The number of aromatic amines is 1. The molecular weight excluding hydrogens is 234 g/mol. The lowest BCUT2D eigenvalue weighted by atomic mass is 9.96. The molecule has 0 aliphatic heterocycles. The Morgan fingerprint density at radius 2 is 1.89 bits per heavy atom. The first-order chi connectivity index (χ1) is 9.24. The van der Waals surface area contributed by atoms with Crippen LogP contribution in [0.25, 0.3) is 11.1 Å². The Bertz CT molecular complexity index is 548. The van der Waals surface area contributed by atoms with Gasteiger partial charge >= 0.3 is 0 Å². The van der Waals surface area contributed by atoms with Crippen molar-refractivity contribution in [2.24, 2.45) is 5.92 Å². The first-order valence-electron chi connectivity index (χ1n) is 7.14. The summed E-state index contributed by atoms with van der Waals surface area (Å²) in [6, 6.07) is 8.52. The van der Waals surface area contributed by atoms with E-state index in [1.54, 1.807) is 0 Å². The molecule has 0 unspecified atom stereocenters. The maximum atomic E-state index is 6.04. The fourth-order valence-corrected chi connectivity index (χ4v) is 3.09. The van der Waals surface area contributed by atoms with E-state index in [2.05, 4.69) is 41.4 Å². The lowest BCUT2D eigenvalue weighted by Gasteiger charge is -2.09. The molecule has 19 heavy (non-hydrogen) atoms. The minimum absolute atomic E-state index is 0.622. The molecule has 2 aromatic rings. The largest absolute Gasteiger partial charge is 0.382 e. The lowest BCUT2D eigenvalue weighted by molar-refractivity contribution is 0.539. The van der Waals surface area contributed by atoms with Gasteiger partial charge in [0.05, 0.1) is 0 Å². The number of benzene rings is 1. The van der Waals surface area contributed by atoms with Crippen molar-refractivity contribution >= 4 is 5.82 Å². The summed E-state index contributed by atoms with van der Waals surface area (Å²) in [6.45, 7) is 2.10. The van der Waals surface area contributed by atoms with Gasteiger partial charge in [0, 0.05) is 11.3 Å². The average Bonchev–Trinajstić information content (AvgIpc) is 3.02. The van der Waals surface area contributed by atoms with Crippen molar-refractivity contribution in [2.45, 2.75) is 39.0 Å². The third-order valence-electron chi connectivity index (χ3n) is 4.18. The fourth-order valence-electron chi connectivity index (χ4n) is 3.09. The summed E-state index contributed by atoms with van der Waals surface area (Å²) in [7, 11) is 0. The van der Waals surface area contributed by atoms with Crippen LogP contribution in [0.3, 0.4) is 0 Å². The van der Waals surface area contributed by atoms with E-state index in [1.165, 1.54) is 42.5 Å². The average molecular weight is 255 g/mol. The number of rotatable bonds is 3. The number of hydrogen-bond acceptors (Lipinski definition) is 2. The maximum absolute atomic E-state index is 6.04. The summed E-state index contributed by atoms with van der Waals surface area (Å²) in [5.41, 5.74) is 10.8. The van der Waals surface area contributed by atoms with Crippen molar-refractivity contribution in [2.75, 3.05) is 5.73 Å². The molecule has 1 aromatic carbocycles. The van der Waals surface area contributed by atoms with Crippen LogP contribution in [0.2, 0.25) is 0 Å². The van der Waals surface area contributed by atoms with E-state index in [0.29, 0.717) is 5.82 Å². The summed E-state index contributed by atoms with van der Waals surface area (Å²) >= 11 is 0. The van der Waals surface area contributed by atoms with Crippen LogP contribution in [0.15, 0.2) is 24.3 Å². The van der Waals surface area contributed by atoms with E-state index in [1.807, 2.05) is 0 Å². The highest BCUT2D eigenvalue weighted by Crippen LogP contribution is 2.33. The summed E-state index contributed by atoms with van der Waals surface area (Å²) in [5.74, 6) is 1.42. The van der Waals surface area contributed by atoms with E-state index in [0.717, 1.165) is 17.9 Å².